The number of nitrogens with zero attached hydrogens (tertiary/aromatic N) is 1. The molecule has 1 heterocycles. The number of unbranched alkanes of at least 4 members (excludes halogenated alkanes) is 2. The molecule has 40 heavy (non-hydrogen) atoms. The van der Waals surface area contributed by atoms with Gasteiger partial charge in [0.25, 0.3) is 21.8 Å². The fourth-order valence-corrected chi connectivity index (χ4v) is 4.71. The van der Waals surface area contributed by atoms with E-state index in [9.17, 15) is 22.8 Å². The number of carbonyl (C=O) groups is 3. The van der Waals surface area contributed by atoms with Gasteiger partial charge in [0.2, 0.25) is 0 Å². The Kier molecular flexibility index (Phi) is 11.2. The molecule has 0 radical (unpaired) electrons. The van der Waals surface area contributed by atoms with E-state index >= 15 is 0 Å². The summed E-state index contributed by atoms with van der Waals surface area (Å²) in [6.45, 7) is 2.37. The van der Waals surface area contributed by atoms with Gasteiger partial charge in [0.05, 0.1) is 23.3 Å². The minimum atomic E-state index is -4.20. The van der Waals surface area contributed by atoms with Gasteiger partial charge in [0, 0.05) is 24.7 Å². The van der Waals surface area contributed by atoms with Crippen LogP contribution in [0.3, 0.4) is 0 Å². The molecule has 0 bridgehead atoms. The molecule has 3 rings (SSSR count). The first-order valence-corrected chi connectivity index (χ1v) is 14.4. The van der Waals surface area contributed by atoms with E-state index in [0.717, 1.165) is 30.6 Å². The number of hydrogen-bond acceptors (Lipinski definition) is 8. The summed E-state index contributed by atoms with van der Waals surface area (Å²) < 4.78 is 37.9. The average molecular weight is 568 g/mol. The highest BCUT2D eigenvalue weighted by Crippen LogP contribution is 2.17. The molecule has 0 unspecified atom stereocenters. The summed E-state index contributed by atoms with van der Waals surface area (Å²) in [6.07, 6.45) is 4.82. The smallest absolute Gasteiger partial charge is 0.306 e. The predicted molar refractivity (Wildman–Crippen MR) is 148 cm³/mol. The highest BCUT2D eigenvalue weighted by atomic mass is 32.2. The molecule has 2 aromatic carbocycles. The van der Waals surface area contributed by atoms with Crippen molar-refractivity contribution in [3.8, 4) is 5.75 Å². The first-order valence-electron chi connectivity index (χ1n) is 12.9. The monoisotopic (exact) mass is 567 g/mol. The van der Waals surface area contributed by atoms with Crippen molar-refractivity contribution in [2.24, 2.45) is 0 Å². The van der Waals surface area contributed by atoms with Gasteiger partial charge >= 0.3 is 5.97 Å². The molecular weight excluding hydrogens is 534 g/mol. The number of carbonyl (C=O) groups excluding carboxylic acids is 3. The van der Waals surface area contributed by atoms with Crippen molar-refractivity contribution in [2.75, 3.05) is 13.7 Å². The number of aromatic nitrogens is 1. The van der Waals surface area contributed by atoms with Gasteiger partial charge in [-0.3, -0.25) is 19.4 Å². The second kappa shape index (κ2) is 14.8. The molecule has 0 atom stereocenters. The molecule has 212 valence electrons. The van der Waals surface area contributed by atoms with Crippen LogP contribution in [0.1, 0.15) is 64.6 Å². The molecule has 2 amide bonds. The topological polar surface area (TPSA) is 141 Å². The van der Waals surface area contributed by atoms with E-state index in [1.54, 1.807) is 7.11 Å². The van der Waals surface area contributed by atoms with Crippen molar-refractivity contribution >= 4 is 27.8 Å². The standard InChI is InChI=1S/C29H33N3O7S/c1-3-4-5-10-27(33)39-20-24-14-11-23(19-31-24)29(35)32-40(36,37)25-15-12-22(13-16-25)28(34)30-18-17-21-8-6-7-9-26(21)38-2/h6-9,11-16,19H,3-5,10,17-18,20H2,1-2H3,(H,30,34)(H,32,35). The second-order valence-electron chi connectivity index (χ2n) is 8.93. The number of nitrogens with one attached hydrogen (secondary N) is 2. The third-order valence-corrected chi connectivity index (χ3v) is 7.33. The summed E-state index contributed by atoms with van der Waals surface area (Å²) in [5, 5.41) is 2.79. The number of methoxy groups -OCH3 is 1. The van der Waals surface area contributed by atoms with Crippen molar-refractivity contribution in [3.05, 3.63) is 89.2 Å². The second-order valence-corrected chi connectivity index (χ2v) is 10.6. The largest absolute Gasteiger partial charge is 0.496 e. The number of para-hydroxylation sites is 1. The van der Waals surface area contributed by atoms with Crippen LogP contribution in [-0.2, 0) is 32.6 Å². The number of sulfonamides is 1. The Morgan fingerprint density at radius 3 is 2.30 bits per heavy atom. The zero-order valence-corrected chi connectivity index (χ0v) is 23.3. The molecule has 0 aliphatic rings. The Balaban J connectivity index is 1.51. The number of amides is 2. The van der Waals surface area contributed by atoms with Gasteiger partial charge in [-0.15, -0.1) is 0 Å². The lowest BCUT2D eigenvalue weighted by Gasteiger charge is -2.10. The van der Waals surface area contributed by atoms with Crippen molar-refractivity contribution in [1.29, 1.82) is 0 Å². The van der Waals surface area contributed by atoms with Gasteiger partial charge in [-0.2, -0.15) is 0 Å². The van der Waals surface area contributed by atoms with Crippen LogP contribution in [0.15, 0.2) is 71.8 Å². The molecule has 0 fully saturated rings. The highest BCUT2D eigenvalue weighted by Gasteiger charge is 2.20. The Bertz CT molecular complexity index is 1410. The van der Waals surface area contributed by atoms with Crippen LogP contribution in [0.25, 0.3) is 0 Å². The normalized spacial score (nSPS) is 10.9. The lowest BCUT2D eigenvalue weighted by molar-refractivity contribution is -0.145. The summed E-state index contributed by atoms with van der Waals surface area (Å²) >= 11 is 0. The fraction of sp³-hybridized carbons (Fsp3) is 0.310. The lowest BCUT2D eigenvalue weighted by atomic mass is 10.1. The molecule has 11 heteroatoms. The SMILES string of the molecule is CCCCCC(=O)OCc1ccc(C(=O)NS(=O)(=O)c2ccc(C(=O)NCCc3ccccc3OC)cc2)cn1. The zero-order valence-electron chi connectivity index (χ0n) is 22.5. The van der Waals surface area contributed by atoms with Crippen molar-refractivity contribution in [1.82, 2.24) is 15.0 Å². The van der Waals surface area contributed by atoms with Crippen molar-refractivity contribution < 1.29 is 32.3 Å². The summed E-state index contributed by atoms with van der Waals surface area (Å²) in [5.41, 5.74) is 1.68. The molecule has 0 spiro atoms. The van der Waals surface area contributed by atoms with Crippen LogP contribution >= 0.6 is 0 Å². The van der Waals surface area contributed by atoms with Gasteiger partial charge < -0.3 is 14.8 Å². The number of benzene rings is 2. The fourth-order valence-electron chi connectivity index (χ4n) is 3.74. The summed E-state index contributed by atoms with van der Waals surface area (Å²) in [4.78, 5) is 40.6. The van der Waals surface area contributed by atoms with Crippen LogP contribution in [-0.4, -0.2) is 44.8 Å². The molecule has 2 N–H and O–H groups in total. The summed E-state index contributed by atoms with van der Waals surface area (Å²) in [7, 11) is -2.61. The third kappa shape index (κ3) is 8.91. The maximum Gasteiger partial charge on any atom is 0.306 e. The maximum atomic E-state index is 12.7. The van der Waals surface area contributed by atoms with Crippen molar-refractivity contribution in [3.63, 3.8) is 0 Å². The van der Waals surface area contributed by atoms with Crippen LogP contribution in [0.5, 0.6) is 5.75 Å². The number of esters is 1. The van der Waals surface area contributed by atoms with Gasteiger partial charge in [0.1, 0.15) is 12.4 Å². The van der Waals surface area contributed by atoms with E-state index in [4.69, 9.17) is 9.47 Å². The Morgan fingerprint density at radius 2 is 1.62 bits per heavy atom. The Morgan fingerprint density at radius 1 is 0.900 bits per heavy atom. The molecule has 0 saturated carbocycles. The quantitative estimate of drug-likeness (QED) is 0.221. The van der Waals surface area contributed by atoms with E-state index in [-0.39, 0.29) is 34.5 Å². The van der Waals surface area contributed by atoms with E-state index in [0.29, 0.717) is 25.1 Å². The molecular formula is C29H33N3O7S. The summed E-state index contributed by atoms with van der Waals surface area (Å²) in [5.74, 6) is -0.812. The van der Waals surface area contributed by atoms with Gasteiger partial charge in [-0.1, -0.05) is 38.0 Å². The number of rotatable bonds is 14. The predicted octanol–water partition coefficient (Wildman–Crippen LogP) is 3.80. The van der Waals surface area contributed by atoms with Crippen molar-refractivity contribution in [2.45, 2.75) is 50.5 Å². The zero-order chi connectivity index (χ0) is 29.0. The van der Waals surface area contributed by atoms with Crippen LogP contribution in [0.4, 0.5) is 0 Å². The minimum Gasteiger partial charge on any atom is -0.496 e. The van der Waals surface area contributed by atoms with E-state index in [1.807, 2.05) is 35.9 Å². The average Bonchev–Trinajstić information content (AvgIpc) is 2.96. The van der Waals surface area contributed by atoms with E-state index < -0.39 is 15.9 Å². The molecule has 10 nitrogen and oxygen atoms in total. The van der Waals surface area contributed by atoms with E-state index in [2.05, 4.69) is 10.3 Å². The molecule has 0 saturated heterocycles. The molecule has 3 aromatic rings. The highest BCUT2D eigenvalue weighted by molar-refractivity contribution is 7.90. The van der Waals surface area contributed by atoms with Crippen LogP contribution in [0, 0.1) is 0 Å². The maximum absolute atomic E-state index is 12.7. The first kappa shape index (κ1) is 30.3. The molecule has 0 aliphatic heterocycles. The molecule has 0 aliphatic carbocycles. The number of pyridine rings is 1. The summed E-state index contributed by atoms with van der Waals surface area (Å²) in [6, 6.07) is 15.6. The lowest BCUT2D eigenvalue weighted by Crippen LogP contribution is -2.31. The van der Waals surface area contributed by atoms with Gasteiger partial charge in [-0.25, -0.2) is 13.1 Å². The Labute approximate surface area is 234 Å². The Hall–Kier alpha value is -4.25. The van der Waals surface area contributed by atoms with Gasteiger partial charge in [0.15, 0.2) is 0 Å². The molecule has 1 aromatic heterocycles. The minimum absolute atomic E-state index is 0.0210. The first-order chi connectivity index (χ1) is 19.2. The number of hydrogen-bond donors (Lipinski definition) is 2. The van der Waals surface area contributed by atoms with E-state index in [1.165, 1.54) is 42.6 Å². The van der Waals surface area contributed by atoms with Crippen LogP contribution in [0.2, 0.25) is 0 Å². The van der Waals surface area contributed by atoms with Gasteiger partial charge in [-0.05, 0) is 60.9 Å². The third-order valence-electron chi connectivity index (χ3n) is 5.98. The van der Waals surface area contributed by atoms with Crippen LogP contribution < -0.4 is 14.8 Å². The number of ether oxygens (including phenoxy) is 2.